The Morgan fingerprint density at radius 3 is 2.56 bits per heavy atom. The molecule has 2 atom stereocenters. The van der Waals surface area contributed by atoms with Crippen molar-refractivity contribution < 1.29 is 40.8 Å². The van der Waals surface area contributed by atoms with Gasteiger partial charge in [-0.3, -0.25) is 0 Å². The molecular weight excluding hydrogens is 412 g/mol. The number of H-pyrrole nitrogens is 1. The van der Waals surface area contributed by atoms with E-state index in [-0.39, 0.29) is 36.3 Å². The number of carbonyl (C=O) groups excluding carboxylic acids is 1. The number of nitrogens with zero attached hydrogens (tertiary/aromatic N) is 1. The molecule has 1 aliphatic rings. The van der Waals surface area contributed by atoms with Crippen molar-refractivity contribution in [1.29, 1.82) is 0 Å². The first-order valence-electron chi connectivity index (χ1n) is 8.95. The number of hydrogen-bond donors (Lipinski definition) is 2. The molecule has 1 aliphatic heterocycles. The number of benzene rings is 1. The normalized spacial score (nSPS) is 20.5. The molecule has 2 N–H and O–H groups in total. The molecular formula is C20H27BrN2O4. The molecule has 0 spiro atoms. The number of rotatable bonds is 7. The summed E-state index contributed by atoms with van der Waals surface area (Å²) in [5.41, 5.74) is -0.158. The van der Waals surface area contributed by atoms with Gasteiger partial charge in [-0.2, -0.15) is 0 Å². The number of likely N-dealkylation sites (N-methyl/N-ethyl adjacent to an activating group) is 1. The maximum Gasteiger partial charge on any atom is 0.349 e. The zero-order valence-corrected chi connectivity index (χ0v) is 17.3. The van der Waals surface area contributed by atoms with Crippen LogP contribution in [0.25, 0.3) is 0 Å². The van der Waals surface area contributed by atoms with Crippen molar-refractivity contribution in [2.24, 2.45) is 0 Å². The predicted octanol–water partition coefficient (Wildman–Crippen LogP) is -1.34. The van der Waals surface area contributed by atoms with Crippen molar-refractivity contribution in [3.8, 4) is 0 Å². The molecule has 1 aromatic carbocycles. The second-order valence-electron chi connectivity index (χ2n) is 7.36. The fourth-order valence-electron chi connectivity index (χ4n) is 3.58. The van der Waals surface area contributed by atoms with E-state index in [1.54, 1.807) is 12.3 Å². The van der Waals surface area contributed by atoms with Gasteiger partial charge in [-0.25, -0.2) is 4.79 Å². The van der Waals surface area contributed by atoms with Crippen LogP contribution in [0.2, 0.25) is 0 Å². The number of aliphatic hydroxyl groups excluding tert-OH is 1. The summed E-state index contributed by atoms with van der Waals surface area (Å²) in [6, 6.07) is 12.9. The topological polar surface area (TPSA) is 71.6 Å². The highest BCUT2D eigenvalue weighted by Gasteiger charge is 2.48. The summed E-state index contributed by atoms with van der Waals surface area (Å²) < 4.78 is 12.7. The maximum absolute atomic E-state index is 13.4. The van der Waals surface area contributed by atoms with Gasteiger partial charge in [0.2, 0.25) is 5.60 Å². The minimum absolute atomic E-state index is 0. The fraction of sp³-hybridized carbons (Fsp3) is 0.450. The van der Waals surface area contributed by atoms with Gasteiger partial charge in [0, 0.05) is 18.2 Å². The Hall–Kier alpha value is -1.67. The number of likely N-dealkylation sites (tertiary alicyclic amines) is 1. The Labute approximate surface area is 170 Å². The molecule has 0 aliphatic carbocycles. The zero-order valence-electron chi connectivity index (χ0n) is 15.7. The average molecular weight is 439 g/mol. The van der Waals surface area contributed by atoms with Crippen molar-refractivity contribution in [2.45, 2.75) is 18.1 Å². The molecule has 2 unspecified atom stereocenters. The van der Waals surface area contributed by atoms with E-state index in [2.05, 4.69) is 19.1 Å². The molecule has 0 saturated carbocycles. The monoisotopic (exact) mass is 438 g/mol. The second kappa shape index (κ2) is 9.01. The molecule has 148 valence electrons. The van der Waals surface area contributed by atoms with Crippen LogP contribution in [0.4, 0.5) is 0 Å². The highest BCUT2D eigenvalue weighted by Crippen LogP contribution is 2.35. The average Bonchev–Trinajstić information content (AvgIpc) is 3.27. The van der Waals surface area contributed by atoms with Gasteiger partial charge in [-0.15, -0.1) is 0 Å². The van der Waals surface area contributed by atoms with Gasteiger partial charge in [-0.05, 0) is 12.1 Å². The summed E-state index contributed by atoms with van der Waals surface area (Å²) in [5.74, 6) is -0.452. The molecule has 0 bridgehead atoms. The summed E-state index contributed by atoms with van der Waals surface area (Å²) in [4.78, 5) is 16.5. The van der Waals surface area contributed by atoms with Crippen LogP contribution in [-0.2, 0) is 19.9 Å². The van der Waals surface area contributed by atoms with Crippen LogP contribution >= 0.6 is 0 Å². The highest BCUT2D eigenvalue weighted by molar-refractivity contribution is 5.85. The van der Waals surface area contributed by atoms with Crippen molar-refractivity contribution in [3.63, 3.8) is 0 Å². The quantitative estimate of drug-likeness (QED) is 0.414. The molecule has 0 radical (unpaired) electrons. The third-order valence-electron chi connectivity index (χ3n) is 4.88. The fourth-order valence-corrected chi connectivity index (χ4v) is 3.58. The first kappa shape index (κ1) is 21.6. The number of quaternary nitrogens is 1. The first-order valence-corrected chi connectivity index (χ1v) is 8.95. The third kappa shape index (κ3) is 4.60. The lowest BCUT2D eigenvalue weighted by molar-refractivity contribution is -0.879. The maximum atomic E-state index is 13.4. The Kier molecular flexibility index (Phi) is 7.22. The van der Waals surface area contributed by atoms with Crippen molar-refractivity contribution in [1.82, 2.24) is 4.98 Å². The number of halogens is 1. The molecule has 2 heterocycles. The van der Waals surface area contributed by atoms with E-state index in [0.29, 0.717) is 11.3 Å². The number of aromatic nitrogens is 1. The van der Waals surface area contributed by atoms with Crippen LogP contribution in [0.1, 0.15) is 17.7 Å². The van der Waals surface area contributed by atoms with Crippen molar-refractivity contribution >= 4 is 5.97 Å². The molecule has 7 heteroatoms. The second-order valence-corrected chi connectivity index (χ2v) is 7.36. The molecule has 1 aromatic heterocycles. The Morgan fingerprint density at radius 2 is 2.00 bits per heavy atom. The van der Waals surface area contributed by atoms with Crippen molar-refractivity contribution in [2.75, 3.05) is 40.4 Å². The van der Waals surface area contributed by atoms with E-state index < -0.39 is 11.6 Å². The number of aliphatic hydroxyl groups is 1. The van der Waals surface area contributed by atoms with Gasteiger partial charge in [0.15, 0.2) is 6.10 Å². The Balaban J connectivity index is 0.00000261. The number of hydrogen-bond acceptors (Lipinski definition) is 4. The van der Waals surface area contributed by atoms with E-state index in [9.17, 15) is 9.90 Å². The van der Waals surface area contributed by atoms with Gasteiger partial charge in [0.25, 0.3) is 0 Å². The number of esters is 1. The van der Waals surface area contributed by atoms with Crippen LogP contribution in [0.5, 0.6) is 0 Å². The number of carbonyl (C=O) groups is 1. The standard InChI is InChI=1S/C20H27N2O4.BrH/c1-22(2)12-10-17(15-22)26-19(24)20(25-14-13-23,18-9-6-11-21-18)16-7-4-3-5-8-16;/h3-9,11,17,21,23H,10,12-15H2,1-2H3;1H/q+1;/p-1. The Bertz CT molecular complexity index is 721. The van der Waals surface area contributed by atoms with Crippen LogP contribution in [-0.4, -0.2) is 67.0 Å². The number of ether oxygens (including phenoxy) is 2. The van der Waals surface area contributed by atoms with Gasteiger partial charge < -0.3 is 41.0 Å². The van der Waals surface area contributed by atoms with Gasteiger partial charge >= 0.3 is 5.97 Å². The lowest BCUT2D eigenvalue weighted by atomic mass is 9.90. The zero-order chi connectivity index (χ0) is 18.6. The summed E-state index contributed by atoms with van der Waals surface area (Å²) >= 11 is 0. The summed E-state index contributed by atoms with van der Waals surface area (Å²) in [7, 11) is 4.26. The lowest BCUT2D eigenvalue weighted by Crippen LogP contribution is -3.00. The predicted molar refractivity (Wildman–Crippen MR) is 97.4 cm³/mol. The number of nitrogens with one attached hydrogen (secondary N) is 1. The molecule has 3 rings (SSSR count). The SMILES string of the molecule is C[N+]1(C)CCC(OC(=O)C(OCCO)(c2ccccc2)c2ccc[nH]2)C1.[Br-]. The summed E-state index contributed by atoms with van der Waals surface area (Å²) in [6.45, 7) is 1.59. The van der Waals surface area contributed by atoms with E-state index in [1.807, 2.05) is 36.4 Å². The minimum atomic E-state index is -1.42. The summed E-state index contributed by atoms with van der Waals surface area (Å²) in [5, 5.41) is 9.32. The molecule has 1 saturated heterocycles. The Morgan fingerprint density at radius 1 is 1.26 bits per heavy atom. The van der Waals surface area contributed by atoms with Gasteiger partial charge in [0.1, 0.15) is 6.54 Å². The largest absolute Gasteiger partial charge is 1.00 e. The third-order valence-corrected chi connectivity index (χ3v) is 4.88. The van der Waals surface area contributed by atoms with E-state index in [1.165, 1.54) is 0 Å². The number of aromatic amines is 1. The van der Waals surface area contributed by atoms with E-state index in [4.69, 9.17) is 9.47 Å². The van der Waals surface area contributed by atoms with Crippen LogP contribution in [0, 0.1) is 0 Å². The molecule has 2 aromatic rings. The van der Waals surface area contributed by atoms with E-state index >= 15 is 0 Å². The molecule has 27 heavy (non-hydrogen) atoms. The lowest BCUT2D eigenvalue weighted by Gasteiger charge is -2.32. The van der Waals surface area contributed by atoms with Gasteiger partial charge in [-0.1, -0.05) is 30.3 Å². The smallest absolute Gasteiger partial charge is 0.349 e. The van der Waals surface area contributed by atoms with Crippen molar-refractivity contribution in [3.05, 3.63) is 59.9 Å². The van der Waals surface area contributed by atoms with E-state index in [0.717, 1.165) is 24.0 Å². The minimum Gasteiger partial charge on any atom is -1.00 e. The van der Waals surface area contributed by atoms with Crippen LogP contribution in [0.15, 0.2) is 48.7 Å². The van der Waals surface area contributed by atoms with Crippen LogP contribution in [0.3, 0.4) is 0 Å². The highest BCUT2D eigenvalue weighted by atomic mass is 79.9. The van der Waals surface area contributed by atoms with Gasteiger partial charge in [0.05, 0.1) is 39.5 Å². The first-order chi connectivity index (χ1) is 12.5. The molecule has 6 nitrogen and oxygen atoms in total. The molecule has 1 fully saturated rings. The molecule has 0 amide bonds. The van der Waals surface area contributed by atoms with Crippen LogP contribution < -0.4 is 17.0 Å². The summed E-state index contributed by atoms with van der Waals surface area (Å²) in [6.07, 6.45) is 2.43.